The lowest BCUT2D eigenvalue weighted by atomic mass is 10.1. The number of nitrogens with zero attached hydrogens (tertiary/aromatic N) is 1. The van der Waals surface area contributed by atoms with Gasteiger partial charge in [-0.25, -0.2) is 0 Å². The van der Waals surface area contributed by atoms with E-state index in [4.69, 9.17) is 10.00 Å². The van der Waals surface area contributed by atoms with E-state index >= 15 is 0 Å². The Kier molecular flexibility index (Phi) is 5.16. The van der Waals surface area contributed by atoms with Crippen LogP contribution in [0.2, 0.25) is 0 Å². The predicted molar refractivity (Wildman–Crippen MR) is 62.9 cm³/mol. The van der Waals surface area contributed by atoms with Crippen molar-refractivity contribution in [3.63, 3.8) is 0 Å². The topological polar surface area (TPSA) is 45.0 Å². The molecule has 15 heavy (non-hydrogen) atoms. The molecule has 1 rings (SSSR count). The maximum Gasteiger partial charge on any atom is 0.133 e. The summed E-state index contributed by atoms with van der Waals surface area (Å²) in [5.74, 6) is 0.837. The van der Waals surface area contributed by atoms with Crippen LogP contribution in [0.1, 0.15) is 5.56 Å². The van der Waals surface area contributed by atoms with E-state index in [1.54, 1.807) is 7.11 Å². The van der Waals surface area contributed by atoms with Gasteiger partial charge in [-0.2, -0.15) is 5.26 Å². The SMILES string of the molecule is COc1ccc(CCNCC#N)cc1Br. The highest BCUT2D eigenvalue weighted by molar-refractivity contribution is 9.10. The van der Waals surface area contributed by atoms with E-state index in [1.807, 2.05) is 24.3 Å². The Labute approximate surface area is 98.2 Å². The second-order valence-corrected chi connectivity index (χ2v) is 3.91. The maximum absolute atomic E-state index is 8.34. The molecule has 0 radical (unpaired) electrons. The molecule has 0 fully saturated rings. The smallest absolute Gasteiger partial charge is 0.133 e. The van der Waals surface area contributed by atoms with Gasteiger partial charge in [0.2, 0.25) is 0 Å². The molecule has 0 aromatic heterocycles. The van der Waals surface area contributed by atoms with Gasteiger partial charge in [-0.3, -0.25) is 0 Å². The van der Waals surface area contributed by atoms with E-state index in [9.17, 15) is 0 Å². The molecule has 0 spiro atoms. The Morgan fingerprint density at radius 2 is 2.33 bits per heavy atom. The van der Waals surface area contributed by atoms with Crippen molar-refractivity contribution >= 4 is 15.9 Å². The zero-order valence-corrected chi connectivity index (χ0v) is 10.2. The summed E-state index contributed by atoms with van der Waals surface area (Å²) >= 11 is 3.43. The summed E-state index contributed by atoms with van der Waals surface area (Å²) in [4.78, 5) is 0. The molecule has 0 aliphatic carbocycles. The van der Waals surface area contributed by atoms with Crippen molar-refractivity contribution < 1.29 is 4.74 Å². The highest BCUT2D eigenvalue weighted by Crippen LogP contribution is 2.25. The van der Waals surface area contributed by atoms with Gasteiger partial charge in [-0.15, -0.1) is 0 Å². The van der Waals surface area contributed by atoms with Crippen LogP contribution in [-0.2, 0) is 6.42 Å². The molecule has 80 valence electrons. The van der Waals surface area contributed by atoms with Gasteiger partial charge in [0, 0.05) is 6.54 Å². The number of halogens is 1. The third-order valence-electron chi connectivity index (χ3n) is 2.01. The summed E-state index contributed by atoms with van der Waals surface area (Å²) in [7, 11) is 1.65. The van der Waals surface area contributed by atoms with Crippen LogP contribution in [-0.4, -0.2) is 20.2 Å². The molecule has 0 heterocycles. The van der Waals surface area contributed by atoms with Gasteiger partial charge in [-0.05, 0) is 40.0 Å². The minimum absolute atomic E-state index is 0.400. The summed E-state index contributed by atoms with van der Waals surface area (Å²) in [6, 6.07) is 8.04. The maximum atomic E-state index is 8.34. The molecule has 0 bridgehead atoms. The van der Waals surface area contributed by atoms with Crippen molar-refractivity contribution in [3.05, 3.63) is 28.2 Å². The largest absolute Gasteiger partial charge is 0.496 e. The molecule has 3 nitrogen and oxygen atoms in total. The average molecular weight is 269 g/mol. The molecule has 0 amide bonds. The van der Waals surface area contributed by atoms with Crippen molar-refractivity contribution in [2.45, 2.75) is 6.42 Å². The highest BCUT2D eigenvalue weighted by atomic mass is 79.9. The third-order valence-corrected chi connectivity index (χ3v) is 2.63. The summed E-state index contributed by atoms with van der Waals surface area (Å²) in [5.41, 5.74) is 1.22. The number of hydrogen-bond acceptors (Lipinski definition) is 3. The third kappa shape index (κ3) is 3.90. The van der Waals surface area contributed by atoms with Crippen LogP contribution < -0.4 is 10.1 Å². The van der Waals surface area contributed by atoms with Crippen LogP contribution in [0.15, 0.2) is 22.7 Å². The number of rotatable bonds is 5. The zero-order chi connectivity index (χ0) is 11.1. The fourth-order valence-electron chi connectivity index (χ4n) is 1.24. The number of hydrogen-bond donors (Lipinski definition) is 1. The first kappa shape index (κ1) is 12.0. The number of nitriles is 1. The minimum atomic E-state index is 0.400. The summed E-state index contributed by atoms with van der Waals surface area (Å²) < 4.78 is 6.10. The molecule has 1 N–H and O–H groups in total. The Morgan fingerprint density at radius 1 is 1.53 bits per heavy atom. The van der Waals surface area contributed by atoms with E-state index in [-0.39, 0.29) is 0 Å². The predicted octanol–water partition coefficient (Wildman–Crippen LogP) is 2.11. The number of benzene rings is 1. The second kappa shape index (κ2) is 6.44. The Bertz CT molecular complexity index is 360. The minimum Gasteiger partial charge on any atom is -0.496 e. The fraction of sp³-hybridized carbons (Fsp3) is 0.364. The Hall–Kier alpha value is -1.05. The van der Waals surface area contributed by atoms with Crippen molar-refractivity contribution in [2.75, 3.05) is 20.2 Å². The summed E-state index contributed by atoms with van der Waals surface area (Å²) in [5, 5.41) is 11.4. The molecule has 0 saturated heterocycles. The van der Waals surface area contributed by atoms with Crippen molar-refractivity contribution in [2.24, 2.45) is 0 Å². The van der Waals surface area contributed by atoms with Gasteiger partial charge in [0.15, 0.2) is 0 Å². The van der Waals surface area contributed by atoms with E-state index < -0.39 is 0 Å². The monoisotopic (exact) mass is 268 g/mol. The molecule has 0 atom stereocenters. The van der Waals surface area contributed by atoms with Gasteiger partial charge < -0.3 is 10.1 Å². The lowest BCUT2D eigenvalue weighted by Gasteiger charge is -2.06. The first-order chi connectivity index (χ1) is 7.27. The normalized spacial score (nSPS) is 9.67. The zero-order valence-electron chi connectivity index (χ0n) is 8.59. The molecule has 1 aromatic carbocycles. The number of ether oxygens (including phenoxy) is 1. The molecular weight excluding hydrogens is 256 g/mol. The fourth-order valence-corrected chi connectivity index (χ4v) is 1.83. The van der Waals surface area contributed by atoms with Crippen LogP contribution in [0.3, 0.4) is 0 Å². The molecule has 0 saturated carbocycles. The van der Waals surface area contributed by atoms with Crippen molar-refractivity contribution in [3.8, 4) is 11.8 Å². The molecule has 0 unspecified atom stereocenters. The van der Waals surface area contributed by atoms with E-state index in [2.05, 4.69) is 21.2 Å². The van der Waals surface area contributed by atoms with Crippen LogP contribution in [0, 0.1) is 11.3 Å². The number of methoxy groups -OCH3 is 1. The average Bonchev–Trinajstić information content (AvgIpc) is 2.25. The van der Waals surface area contributed by atoms with Gasteiger partial charge >= 0.3 is 0 Å². The van der Waals surface area contributed by atoms with Gasteiger partial charge in [0.05, 0.1) is 24.2 Å². The molecule has 1 aromatic rings. The van der Waals surface area contributed by atoms with Crippen LogP contribution >= 0.6 is 15.9 Å². The molecule has 0 aliphatic rings. The van der Waals surface area contributed by atoms with E-state index in [1.165, 1.54) is 5.56 Å². The van der Waals surface area contributed by atoms with Gasteiger partial charge in [0.1, 0.15) is 5.75 Å². The van der Waals surface area contributed by atoms with Crippen LogP contribution in [0.25, 0.3) is 0 Å². The van der Waals surface area contributed by atoms with E-state index in [0.29, 0.717) is 6.54 Å². The van der Waals surface area contributed by atoms with Crippen molar-refractivity contribution in [1.82, 2.24) is 5.32 Å². The van der Waals surface area contributed by atoms with Gasteiger partial charge in [0.25, 0.3) is 0 Å². The van der Waals surface area contributed by atoms with Crippen molar-refractivity contribution in [1.29, 1.82) is 5.26 Å². The first-order valence-electron chi connectivity index (χ1n) is 4.68. The molecule has 4 heteroatoms. The lowest BCUT2D eigenvalue weighted by molar-refractivity contribution is 0.412. The van der Waals surface area contributed by atoms with E-state index in [0.717, 1.165) is 23.2 Å². The quantitative estimate of drug-likeness (QED) is 0.657. The van der Waals surface area contributed by atoms with Crippen LogP contribution in [0.5, 0.6) is 5.75 Å². The summed E-state index contributed by atoms with van der Waals surface area (Å²) in [6.45, 7) is 1.21. The van der Waals surface area contributed by atoms with Gasteiger partial charge in [-0.1, -0.05) is 6.07 Å². The Balaban J connectivity index is 2.49. The highest BCUT2D eigenvalue weighted by Gasteiger charge is 2.00. The van der Waals surface area contributed by atoms with Crippen LogP contribution in [0.4, 0.5) is 0 Å². The molecular formula is C11H13BrN2O. The lowest BCUT2D eigenvalue weighted by Crippen LogP contribution is -2.17. The summed E-state index contributed by atoms with van der Waals surface area (Å²) in [6.07, 6.45) is 0.907. The first-order valence-corrected chi connectivity index (χ1v) is 5.47. The standard InChI is InChI=1S/C11H13BrN2O/c1-15-11-3-2-9(8-10(11)12)4-6-14-7-5-13/h2-3,8,14H,4,6-7H2,1H3. The number of nitrogens with one attached hydrogen (secondary N) is 1. The Morgan fingerprint density at radius 3 is 2.93 bits per heavy atom. The second-order valence-electron chi connectivity index (χ2n) is 3.05. The molecule has 0 aliphatic heterocycles.